The van der Waals surface area contributed by atoms with Crippen LogP contribution in [0.3, 0.4) is 0 Å². The Hall–Kier alpha value is -1.70. The van der Waals surface area contributed by atoms with E-state index in [4.69, 9.17) is 26.1 Å². The predicted octanol–water partition coefficient (Wildman–Crippen LogP) is 0.754. The summed E-state index contributed by atoms with van der Waals surface area (Å²) in [6.07, 6.45) is 0. The number of hydrogen-bond donors (Lipinski definition) is 1. The van der Waals surface area contributed by atoms with E-state index in [0.29, 0.717) is 17.4 Å². The second kappa shape index (κ2) is 6.38. The van der Waals surface area contributed by atoms with Crippen LogP contribution in [0, 0.1) is 4.84 Å². The van der Waals surface area contributed by atoms with E-state index in [1.165, 1.54) is 4.90 Å². The number of hydrogen-bond acceptors (Lipinski definition) is 5. The van der Waals surface area contributed by atoms with Gasteiger partial charge >= 0.3 is 0 Å². The topological polar surface area (TPSA) is 53.9 Å². The highest BCUT2D eigenvalue weighted by Gasteiger charge is 2.18. The molecule has 0 bridgehead atoms. The van der Waals surface area contributed by atoms with Gasteiger partial charge < -0.3 is 18.8 Å². The number of benzene rings is 1. The van der Waals surface area contributed by atoms with Crippen molar-refractivity contribution in [3.05, 3.63) is 29.1 Å². The van der Waals surface area contributed by atoms with E-state index in [2.05, 4.69) is 5.10 Å². The third kappa shape index (κ3) is 3.15. The van der Waals surface area contributed by atoms with Gasteiger partial charge in [0, 0.05) is 0 Å². The third-order valence-electron chi connectivity index (χ3n) is 3.52. The summed E-state index contributed by atoms with van der Waals surface area (Å²) in [4.78, 5) is 1.77. The standard InChI is InChI=1S/C14H17N3O3S/c1-18-12-5-3-2-4-11(12)13-15-17(14(21)20-13)10-16-6-8-19-9-7-16/h2-5H,6-10H2,1H3/p+1. The van der Waals surface area contributed by atoms with Gasteiger partial charge in [0.25, 0.3) is 10.7 Å². The van der Waals surface area contributed by atoms with Gasteiger partial charge in [-0.05, 0) is 24.4 Å². The fourth-order valence-electron chi connectivity index (χ4n) is 2.37. The fraction of sp³-hybridized carbons (Fsp3) is 0.429. The van der Waals surface area contributed by atoms with Crippen molar-refractivity contribution in [3.8, 4) is 17.2 Å². The maximum atomic E-state index is 5.63. The van der Waals surface area contributed by atoms with Gasteiger partial charge in [-0.25, -0.2) is 0 Å². The average molecular weight is 308 g/mol. The molecule has 2 aromatic rings. The molecule has 0 saturated carbocycles. The van der Waals surface area contributed by atoms with E-state index >= 15 is 0 Å². The molecule has 0 aliphatic carbocycles. The van der Waals surface area contributed by atoms with E-state index in [1.54, 1.807) is 11.8 Å². The lowest BCUT2D eigenvalue weighted by molar-refractivity contribution is -0.931. The predicted molar refractivity (Wildman–Crippen MR) is 78.8 cm³/mol. The number of methoxy groups -OCH3 is 1. The van der Waals surface area contributed by atoms with Gasteiger partial charge in [-0.2, -0.15) is 4.68 Å². The van der Waals surface area contributed by atoms with Crippen LogP contribution >= 0.6 is 12.2 Å². The van der Waals surface area contributed by atoms with Crippen molar-refractivity contribution in [2.45, 2.75) is 6.67 Å². The SMILES string of the molecule is COc1ccccc1-c1nn(C[NH+]2CCOCC2)c(=S)o1. The Morgan fingerprint density at radius 2 is 2.10 bits per heavy atom. The van der Waals surface area contributed by atoms with Crippen molar-refractivity contribution in [2.75, 3.05) is 33.4 Å². The summed E-state index contributed by atoms with van der Waals surface area (Å²) in [5, 5.41) is 4.49. The van der Waals surface area contributed by atoms with E-state index in [0.717, 1.165) is 37.6 Å². The highest BCUT2D eigenvalue weighted by atomic mass is 32.1. The molecule has 1 fully saturated rings. The average Bonchev–Trinajstić information content (AvgIpc) is 2.89. The highest BCUT2D eigenvalue weighted by Crippen LogP contribution is 2.28. The molecular weight excluding hydrogens is 290 g/mol. The molecule has 0 unspecified atom stereocenters. The normalized spacial score (nSPS) is 16.0. The Morgan fingerprint density at radius 1 is 1.33 bits per heavy atom. The Bertz CT molecular complexity index is 661. The van der Waals surface area contributed by atoms with Crippen molar-refractivity contribution in [3.63, 3.8) is 0 Å². The van der Waals surface area contributed by atoms with Crippen molar-refractivity contribution in [1.82, 2.24) is 9.78 Å². The molecule has 21 heavy (non-hydrogen) atoms. The lowest BCUT2D eigenvalue weighted by atomic mass is 10.2. The molecule has 1 N–H and O–H groups in total. The van der Waals surface area contributed by atoms with Gasteiger partial charge in [0.05, 0.1) is 25.9 Å². The summed E-state index contributed by atoms with van der Waals surface area (Å²) in [5.41, 5.74) is 0.807. The smallest absolute Gasteiger partial charge is 0.292 e. The van der Waals surface area contributed by atoms with Crippen LogP contribution in [0.2, 0.25) is 0 Å². The molecule has 0 radical (unpaired) electrons. The largest absolute Gasteiger partial charge is 0.496 e. The highest BCUT2D eigenvalue weighted by molar-refractivity contribution is 7.71. The number of morpholine rings is 1. The summed E-state index contributed by atoms with van der Waals surface area (Å²) >= 11 is 5.27. The van der Waals surface area contributed by atoms with Gasteiger partial charge in [0.1, 0.15) is 18.8 Å². The Labute approximate surface area is 127 Å². The minimum atomic E-state index is 0.384. The minimum absolute atomic E-state index is 0.384. The third-order valence-corrected chi connectivity index (χ3v) is 3.81. The van der Waals surface area contributed by atoms with Crippen LogP contribution in [0.15, 0.2) is 28.7 Å². The van der Waals surface area contributed by atoms with E-state index < -0.39 is 0 Å². The van der Waals surface area contributed by atoms with Crippen molar-refractivity contribution in [2.24, 2.45) is 0 Å². The van der Waals surface area contributed by atoms with E-state index in [9.17, 15) is 0 Å². The number of ether oxygens (including phenoxy) is 2. The zero-order valence-electron chi connectivity index (χ0n) is 11.9. The summed E-state index contributed by atoms with van der Waals surface area (Å²) in [6, 6.07) is 7.61. The number of aromatic nitrogens is 2. The van der Waals surface area contributed by atoms with Crippen LogP contribution in [0.25, 0.3) is 11.5 Å². The van der Waals surface area contributed by atoms with Crippen LogP contribution in [0.5, 0.6) is 5.75 Å². The van der Waals surface area contributed by atoms with E-state index in [1.807, 2.05) is 24.3 Å². The maximum absolute atomic E-state index is 5.63. The minimum Gasteiger partial charge on any atom is -0.496 e. The second-order valence-electron chi connectivity index (χ2n) is 4.89. The molecule has 3 rings (SSSR count). The number of para-hydroxylation sites is 1. The quantitative estimate of drug-likeness (QED) is 0.845. The summed E-state index contributed by atoms with van der Waals surface area (Å²) in [7, 11) is 1.63. The Balaban J connectivity index is 1.85. The maximum Gasteiger partial charge on any atom is 0.292 e. The molecule has 7 heteroatoms. The first kappa shape index (κ1) is 14.2. The molecule has 1 aromatic carbocycles. The zero-order chi connectivity index (χ0) is 14.7. The molecule has 0 atom stereocenters. The summed E-state index contributed by atoms with van der Waals surface area (Å²) < 4.78 is 18.1. The number of rotatable bonds is 4. The van der Waals surface area contributed by atoms with Crippen molar-refractivity contribution in [1.29, 1.82) is 0 Å². The Kier molecular flexibility index (Phi) is 4.33. The first-order valence-corrected chi connectivity index (χ1v) is 7.31. The first-order valence-electron chi connectivity index (χ1n) is 6.90. The molecular formula is C14H18N3O3S+. The molecule has 1 saturated heterocycles. The van der Waals surface area contributed by atoms with Crippen LogP contribution < -0.4 is 9.64 Å². The lowest BCUT2D eigenvalue weighted by Gasteiger charge is -2.22. The molecule has 0 amide bonds. The number of nitrogens with one attached hydrogen (secondary N) is 1. The van der Waals surface area contributed by atoms with Gasteiger partial charge in [0.2, 0.25) is 0 Å². The van der Waals surface area contributed by atoms with Gasteiger partial charge in [-0.3, -0.25) is 0 Å². The monoisotopic (exact) mass is 308 g/mol. The van der Waals surface area contributed by atoms with Crippen molar-refractivity contribution >= 4 is 12.2 Å². The van der Waals surface area contributed by atoms with E-state index in [-0.39, 0.29) is 0 Å². The van der Waals surface area contributed by atoms with Gasteiger partial charge in [-0.1, -0.05) is 12.1 Å². The van der Waals surface area contributed by atoms with Crippen molar-refractivity contribution < 1.29 is 18.8 Å². The summed E-state index contributed by atoms with van der Waals surface area (Å²) in [5.74, 6) is 1.21. The fourth-order valence-corrected chi connectivity index (χ4v) is 2.55. The number of quaternary nitrogens is 1. The molecule has 1 aliphatic rings. The molecule has 1 aliphatic heterocycles. The number of nitrogens with zero attached hydrogens (tertiary/aromatic N) is 2. The van der Waals surface area contributed by atoms with Gasteiger partial charge in [-0.15, -0.1) is 5.10 Å². The van der Waals surface area contributed by atoms with Crippen LogP contribution in [0.4, 0.5) is 0 Å². The van der Waals surface area contributed by atoms with Crippen LogP contribution in [-0.2, 0) is 11.4 Å². The molecule has 2 heterocycles. The lowest BCUT2D eigenvalue weighted by Crippen LogP contribution is -3.13. The molecule has 0 spiro atoms. The summed E-state index contributed by atoms with van der Waals surface area (Å²) in [6.45, 7) is 4.16. The van der Waals surface area contributed by atoms with Gasteiger partial charge in [0.15, 0.2) is 6.67 Å². The molecule has 112 valence electrons. The van der Waals surface area contributed by atoms with Crippen LogP contribution in [-0.4, -0.2) is 43.2 Å². The second-order valence-corrected chi connectivity index (χ2v) is 5.24. The first-order chi connectivity index (χ1) is 10.3. The molecule has 6 nitrogen and oxygen atoms in total. The zero-order valence-corrected chi connectivity index (χ0v) is 12.7. The molecule has 1 aromatic heterocycles. The van der Waals surface area contributed by atoms with Crippen LogP contribution in [0.1, 0.15) is 0 Å². The Morgan fingerprint density at radius 3 is 2.86 bits per heavy atom.